The Kier molecular flexibility index (Phi) is 9.88. The van der Waals surface area contributed by atoms with Gasteiger partial charge in [0, 0.05) is 13.6 Å². The van der Waals surface area contributed by atoms with Gasteiger partial charge in [0.1, 0.15) is 0 Å². The quantitative estimate of drug-likeness (QED) is 0.189. The van der Waals surface area contributed by atoms with E-state index in [1.165, 1.54) is 19.3 Å². The molecule has 0 aliphatic rings. The van der Waals surface area contributed by atoms with Crippen LogP contribution in [-0.2, 0) is 0 Å². The molecule has 0 unspecified atom stereocenters. The molecule has 0 aromatic rings. The predicted octanol–water partition coefficient (Wildman–Crippen LogP) is 0.542. The maximum Gasteiger partial charge on any atom is 0.204 e. The molecule has 0 saturated carbocycles. The van der Waals surface area contributed by atoms with Crippen molar-refractivity contribution in [1.82, 2.24) is 10.6 Å². The van der Waals surface area contributed by atoms with Gasteiger partial charge >= 0.3 is 0 Å². The lowest BCUT2D eigenvalue weighted by Crippen LogP contribution is -2.34. The van der Waals surface area contributed by atoms with Gasteiger partial charge in [0.25, 0.3) is 0 Å². The summed E-state index contributed by atoms with van der Waals surface area (Å²) in [5, 5.41) is 13.9. The average Bonchev–Trinajstić information content (AvgIpc) is 2.26. The third-order valence-corrected chi connectivity index (χ3v) is 2.07. The molecule has 0 atom stereocenters. The Morgan fingerprint density at radius 3 is 2.53 bits per heavy atom. The molecule has 5 nitrogen and oxygen atoms in total. The van der Waals surface area contributed by atoms with Gasteiger partial charge in [0.15, 0.2) is 6.19 Å². The van der Waals surface area contributed by atoms with E-state index < -0.39 is 0 Å². The molecule has 86 valence electrons. The Bertz CT molecular complexity index is 206. The van der Waals surface area contributed by atoms with E-state index in [0.29, 0.717) is 5.96 Å². The van der Waals surface area contributed by atoms with Gasteiger partial charge in [-0.3, -0.25) is 10.3 Å². The third kappa shape index (κ3) is 9.03. The van der Waals surface area contributed by atoms with Crippen LogP contribution in [0.25, 0.3) is 0 Å². The fourth-order valence-corrected chi connectivity index (χ4v) is 1.24. The smallest absolute Gasteiger partial charge is 0.204 e. The molecule has 0 aliphatic carbocycles. The Morgan fingerprint density at radius 2 is 1.93 bits per heavy atom. The number of nitrogens with one attached hydrogen (secondary N) is 2. The number of hydrogen-bond acceptors (Lipinski definition) is 3. The molecule has 0 aromatic carbocycles. The predicted molar refractivity (Wildman–Crippen MR) is 62.2 cm³/mol. The van der Waals surface area contributed by atoms with Crippen LogP contribution >= 0.6 is 0 Å². The van der Waals surface area contributed by atoms with E-state index in [1.807, 2.05) is 6.19 Å². The minimum Gasteiger partial charge on any atom is -0.356 e. The van der Waals surface area contributed by atoms with E-state index in [9.17, 15) is 0 Å². The summed E-state index contributed by atoms with van der Waals surface area (Å²) < 4.78 is 0. The van der Waals surface area contributed by atoms with Gasteiger partial charge in [-0.25, -0.2) is 0 Å². The Balaban J connectivity index is 3.27. The highest BCUT2D eigenvalue weighted by atomic mass is 15.2. The first-order chi connectivity index (χ1) is 7.35. The summed E-state index contributed by atoms with van der Waals surface area (Å²) >= 11 is 0. The molecule has 0 aromatic heterocycles. The van der Waals surface area contributed by atoms with Crippen LogP contribution in [0.4, 0.5) is 0 Å². The van der Waals surface area contributed by atoms with Crippen LogP contribution in [-0.4, -0.2) is 26.1 Å². The van der Waals surface area contributed by atoms with Gasteiger partial charge in [-0.15, -0.1) is 0 Å². The molecular weight excluding hydrogens is 190 g/mol. The van der Waals surface area contributed by atoms with Crippen LogP contribution in [0.5, 0.6) is 0 Å². The van der Waals surface area contributed by atoms with Gasteiger partial charge in [-0.05, 0) is 19.4 Å². The molecule has 15 heavy (non-hydrogen) atoms. The number of nitrogens with two attached hydrogens (primary N) is 1. The van der Waals surface area contributed by atoms with Gasteiger partial charge < -0.3 is 11.1 Å². The largest absolute Gasteiger partial charge is 0.356 e. The minimum atomic E-state index is 0.541. The van der Waals surface area contributed by atoms with Crippen molar-refractivity contribution in [2.75, 3.05) is 20.1 Å². The van der Waals surface area contributed by atoms with Crippen molar-refractivity contribution < 1.29 is 0 Å². The van der Waals surface area contributed by atoms with Gasteiger partial charge in [-0.2, -0.15) is 5.26 Å². The first-order valence-electron chi connectivity index (χ1n) is 5.41. The number of nitrogens with zero attached hydrogens (tertiary/aromatic N) is 2. The van der Waals surface area contributed by atoms with Crippen molar-refractivity contribution in [1.29, 1.82) is 5.26 Å². The van der Waals surface area contributed by atoms with Crippen molar-refractivity contribution >= 4 is 5.96 Å². The van der Waals surface area contributed by atoms with Crippen molar-refractivity contribution in [3.8, 4) is 6.19 Å². The molecule has 0 bridgehead atoms. The van der Waals surface area contributed by atoms with Gasteiger partial charge in [0.2, 0.25) is 5.96 Å². The number of aliphatic imine (C=N–C) groups is 1. The monoisotopic (exact) mass is 211 g/mol. The summed E-state index contributed by atoms with van der Waals surface area (Å²) in [7, 11) is 1.65. The maximum atomic E-state index is 8.37. The zero-order valence-corrected chi connectivity index (χ0v) is 9.42. The Labute approximate surface area is 91.8 Å². The summed E-state index contributed by atoms with van der Waals surface area (Å²) in [5.41, 5.74) is 5.39. The molecule has 0 amide bonds. The Morgan fingerprint density at radius 1 is 1.27 bits per heavy atom. The van der Waals surface area contributed by atoms with Crippen LogP contribution in [0, 0.1) is 11.5 Å². The summed E-state index contributed by atoms with van der Waals surface area (Å²) in [6, 6.07) is 0. The Hall–Kier alpha value is -1.28. The molecule has 0 aliphatic heterocycles. The lowest BCUT2D eigenvalue weighted by molar-refractivity contribution is 0.610. The molecule has 0 radical (unpaired) electrons. The molecular formula is C10H21N5. The first kappa shape index (κ1) is 13.7. The maximum absolute atomic E-state index is 8.37. The second-order valence-corrected chi connectivity index (χ2v) is 3.29. The highest BCUT2D eigenvalue weighted by molar-refractivity contribution is 5.80. The third-order valence-electron chi connectivity index (χ3n) is 2.07. The molecule has 0 fully saturated rings. The number of hydrogen-bond donors (Lipinski definition) is 3. The fraction of sp³-hybridized carbons (Fsp3) is 0.800. The molecule has 4 N–H and O–H groups in total. The topological polar surface area (TPSA) is 86.2 Å². The van der Waals surface area contributed by atoms with E-state index in [1.54, 1.807) is 7.05 Å². The normalized spacial score (nSPS) is 10.9. The van der Waals surface area contributed by atoms with Crippen LogP contribution in [0.2, 0.25) is 0 Å². The first-order valence-corrected chi connectivity index (χ1v) is 5.41. The number of rotatable bonds is 7. The minimum absolute atomic E-state index is 0.541. The number of nitriles is 1. The zero-order chi connectivity index (χ0) is 11.4. The van der Waals surface area contributed by atoms with Gasteiger partial charge in [0.05, 0.1) is 0 Å². The SMILES string of the molecule is CN=C(NC#N)NCCCCCCCN. The van der Waals surface area contributed by atoms with E-state index >= 15 is 0 Å². The van der Waals surface area contributed by atoms with Crippen LogP contribution in [0.1, 0.15) is 32.1 Å². The number of guanidine groups is 1. The van der Waals surface area contributed by atoms with E-state index in [0.717, 1.165) is 25.9 Å². The molecule has 0 heterocycles. The van der Waals surface area contributed by atoms with Gasteiger partial charge in [-0.1, -0.05) is 19.3 Å². The van der Waals surface area contributed by atoms with Crippen molar-refractivity contribution in [3.63, 3.8) is 0 Å². The van der Waals surface area contributed by atoms with Crippen molar-refractivity contribution in [2.24, 2.45) is 10.7 Å². The van der Waals surface area contributed by atoms with Crippen LogP contribution < -0.4 is 16.4 Å². The number of unbranched alkanes of at least 4 members (excludes halogenated alkanes) is 4. The molecule has 5 heteroatoms. The lowest BCUT2D eigenvalue weighted by Gasteiger charge is -2.06. The highest BCUT2D eigenvalue weighted by Gasteiger charge is 1.94. The molecule has 0 spiro atoms. The lowest BCUT2D eigenvalue weighted by atomic mass is 10.1. The summed E-state index contributed by atoms with van der Waals surface area (Å²) in [6.07, 6.45) is 7.67. The molecule has 0 saturated heterocycles. The summed E-state index contributed by atoms with van der Waals surface area (Å²) in [4.78, 5) is 3.88. The average molecular weight is 211 g/mol. The highest BCUT2D eigenvalue weighted by Crippen LogP contribution is 2.00. The summed E-state index contributed by atoms with van der Waals surface area (Å²) in [5.74, 6) is 0.541. The van der Waals surface area contributed by atoms with E-state index in [-0.39, 0.29) is 0 Å². The van der Waals surface area contributed by atoms with E-state index in [2.05, 4.69) is 15.6 Å². The van der Waals surface area contributed by atoms with Crippen molar-refractivity contribution in [3.05, 3.63) is 0 Å². The standard InChI is InChI=1S/C10H21N5/c1-13-10(15-9-12)14-8-6-4-2-3-5-7-11/h2-8,11H2,1H3,(H2,13,14,15). The summed E-state index contributed by atoms with van der Waals surface area (Å²) in [6.45, 7) is 1.64. The zero-order valence-electron chi connectivity index (χ0n) is 9.42. The second kappa shape index (κ2) is 10.8. The molecule has 0 rings (SSSR count). The van der Waals surface area contributed by atoms with Crippen LogP contribution in [0.15, 0.2) is 4.99 Å². The fourth-order valence-electron chi connectivity index (χ4n) is 1.24. The van der Waals surface area contributed by atoms with E-state index in [4.69, 9.17) is 11.0 Å². The van der Waals surface area contributed by atoms with Crippen molar-refractivity contribution in [2.45, 2.75) is 32.1 Å². The van der Waals surface area contributed by atoms with Crippen LogP contribution in [0.3, 0.4) is 0 Å². The second-order valence-electron chi connectivity index (χ2n) is 3.29.